The van der Waals surface area contributed by atoms with Crippen molar-refractivity contribution in [3.63, 3.8) is 0 Å². The Kier molecular flexibility index (Phi) is 4.14. The van der Waals surface area contributed by atoms with Gasteiger partial charge in [0.05, 0.1) is 6.10 Å². The molecule has 0 saturated carbocycles. The highest BCUT2D eigenvalue weighted by Crippen LogP contribution is 2.29. The van der Waals surface area contributed by atoms with E-state index >= 15 is 0 Å². The highest BCUT2D eigenvalue weighted by Gasteiger charge is 2.44. The first kappa shape index (κ1) is 15.4. The summed E-state index contributed by atoms with van der Waals surface area (Å²) in [5, 5.41) is 18.5. The smallest absolute Gasteiger partial charge is 0.322 e. The highest BCUT2D eigenvalue weighted by atomic mass is 79.9. The molecule has 1 fully saturated rings. The molecule has 1 aromatic rings. The predicted molar refractivity (Wildman–Crippen MR) is 70.0 cm³/mol. The number of aliphatic hydroxyl groups excluding tert-OH is 1. The molecule has 6 nitrogen and oxygen atoms in total. The number of nitrogens with zero attached hydrogens (tertiary/aromatic N) is 1. The molecule has 0 radical (unpaired) electrons. The van der Waals surface area contributed by atoms with Crippen molar-refractivity contribution in [2.45, 2.75) is 23.5 Å². The Morgan fingerprint density at radius 1 is 1.45 bits per heavy atom. The lowest BCUT2D eigenvalue weighted by atomic mass is 10.2. The van der Waals surface area contributed by atoms with E-state index in [0.29, 0.717) is 8.78 Å². The van der Waals surface area contributed by atoms with Crippen LogP contribution in [0.1, 0.15) is 6.42 Å². The zero-order valence-corrected chi connectivity index (χ0v) is 12.4. The predicted octanol–water partition coefficient (Wildman–Crippen LogP) is 0.797. The first-order valence-corrected chi connectivity index (χ1v) is 7.84. The molecule has 0 bridgehead atoms. The summed E-state index contributed by atoms with van der Waals surface area (Å²) in [6.07, 6.45) is -1.29. The summed E-state index contributed by atoms with van der Waals surface area (Å²) in [6.45, 7) is -0.366. The van der Waals surface area contributed by atoms with Crippen LogP contribution in [0.5, 0.6) is 0 Å². The first-order valence-electron chi connectivity index (χ1n) is 5.61. The summed E-state index contributed by atoms with van der Waals surface area (Å²) < 4.78 is 39.4. The lowest BCUT2D eigenvalue weighted by molar-refractivity contribution is -0.140. The number of rotatable bonds is 3. The van der Waals surface area contributed by atoms with Crippen LogP contribution in [0.15, 0.2) is 27.6 Å². The van der Waals surface area contributed by atoms with Crippen LogP contribution in [0.25, 0.3) is 0 Å². The summed E-state index contributed by atoms with van der Waals surface area (Å²) in [6, 6.07) is 1.99. The van der Waals surface area contributed by atoms with Gasteiger partial charge in [0.15, 0.2) is 0 Å². The number of hydrogen-bond donors (Lipinski definition) is 2. The molecule has 1 aliphatic heterocycles. The average molecular weight is 368 g/mol. The van der Waals surface area contributed by atoms with Crippen LogP contribution in [0.2, 0.25) is 0 Å². The second kappa shape index (κ2) is 5.40. The number of aliphatic hydroxyl groups is 1. The van der Waals surface area contributed by atoms with Gasteiger partial charge in [-0.05, 0) is 18.2 Å². The summed E-state index contributed by atoms with van der Waals surface area (Å²) in [5.74, 6) is -2.35. The number of benzene rings is 1. The van der Waals surface area contributed by atoms with Crippen molar-refractivity contribution in [2.24, 2.45) is 0 Å². The summed E-state index contributed by atoms with van der Waals surface area (Å²) in [7, 11) is -4.32. The Bertz CT molecular complexity index is 650. The molecule has 1 aromatic carbocycles. The Morgan fingerprint density at radius 2 is 2.10 bits per heavy atom. The molecule has 1 aliphatic rings. The maximum atomic E-state index is 13.8. The molecule has 1 saturated heterocycles. The zero-order chi connectivity index (χ0) is 15.1. The third-order valence-corrected chi connectivity index (χ3v) is 5.40. The van der Waals surface area contributed by atoms with Gasteiger partial charge >= 0.3 is 5.97 Å². The van der Waals surface area contributed by atoms with Crippen LogP contribution in [-0.2, 0) is 14.8 Å². The van der Waals surface area contributed by atoms with Crippen LogP contribution in [0.3, 0.4) is 0 Å². The minimum absolute atomic E-state index is 0.216. The second-order valence-electron chi connectivity index (χ2n) is 4.39. The highest BCUT2D eigenvalue weighted by molar-refractivity contribution is 9.10. The average Bonchev–Trinajstić information content (AvgIpc) is 2.71. The third kappa shape index (κ3) is 2.71. The quantitative estimate of drug-likeness (QED) is 0.823. The Balaban J connectivity index is 2.46. The van der Waals surface area contributed by atoms with Gasteiger partial charge in [0.2, 0.25) is 10.0 Å². The van der Waals surface area contributed by atoms with Gasteiger partial charge in [-0.1, -0.05) is 15.9 Å². The van der Waals surface area contributed by atoms with Crippen LogP contribution in [0, 0.1) is 5.82 Å². The number of carboxylic acid groups (broad SMARTS) is 1. The molecule has 2 unspecified atom stereocenters. The summed E-state index contributed by atoms with van der Waals surface area (Å²) >= 11 is 3.01. The molecule has 1 heterocycles. The van der Waals surface area contributed by atoms with Gasteiger partial charge in [-0.2, -0.15) is 4.31 Å². The van der Waals surface area contributed by atoms with Crippen molar-refractivity contribution in [1.82, 2.24) is 4.31 Å². The third-order valence-electron chi connectivity index (χ3n) is 3.00. The molecule has 0 aliphatic carbocycles. The molecule has 0 spiro atoms. The van der Waals surface area contributed by atoms with E-state index in [2.05, 4.69) is 15.9 Å². The molecule has 0 amide bonds. The first-order chi connectivity index (χ1) is 9.23. The minimum atomic E-state index is -4.32. The number of carbonyl (C=O) groups is 1. The van der Waals surface area contributed by atoms with Crippen molar-refractivity contribution in [3.8, 4) is 0 Å². The molecule has 9 heteroatoms. The number of hydrogen-bond acceptors (Lipinski definition) is 4. The number of aliphatic carboxylic acids is 1. The van der Waals surface area contributed by atoms with Gasteiger partial charge in [0.25, 0.3) is 0 Å². The standard InChI is InChI=1S/C11H11BrFNO5S/c12-6-1-2-10(8(13)3-6)20(18,19)14-5-7(15)4-9(14)11(16)17/h1-3,7,9,15H,4-5H2,(H,16,17). The van der Waals surface area contributed by atoms with E-state index in [-0.39, 0.29) is 13.0 Å². The maximum Gasteiger partial charge on any atom is 0.322 e. The van der Waals surface area contributed by atoms with E-state index < -0.39 is 38.9 Å². The molecule has 2 rings (SSSR count). The molecule has 20 heavy (non-hydrogen) atoms. The lowest BCUT2D eigenvalue weighted by Crippen LogP contribution is -2.40. The SMILES string of the molecule is O=C(O)C1CC(O)CN1S(=O)(=O)c1ccc(Br)cc1F. The van der Waals surface area contributed by atoms with Crippen molar-refractivity contribution < 1.29 is 27.8 Å². The second-order valence-corrected chi connectivity index (χ2v) is 7.17. The van der Waals surface area contributed by atoms with E-state index in [1.165, 1.54) is 6.07 Å². The zero-order valence-electron chi connectivity index (χ0n) is 10.0. The van der Waals surface area contributed by atoms with Crippen molar-refractivity contribution in [2.75, 3.05) is 6.54 Å². The van der Waals surface area contributed by atoms with Crippen LogP contribution >= 0.6 is 15.9 Å². The van der Waals surface area contributed by atoms with E-state index in [0.717, 1.165) is 12.1 Å². The van der Waals surface area contributed by atoms with Gasteiger partial charge < -0.3 is 10.2 Å². The summed E-state index contributed by atoms with van der Waals surface area (Å²) in [4.78, 5) is 10.4. The van der Waals surface area contributed by atoms with Crippen LogP contribution < -0.4 is 0 Å². The maximum absolute atomic E-state index is 13.8. The fraction of sp³-hybridized carbons (Fsp3) is 0.364. The Hall–Kier alpha value is -1.03. The monoisotopic (exact) mass is 367 g/mol. The van der Waals surface area contributed by atoms with Crippen molar-refractivity contribution in [3.05, 3.63) is 28.5 Å². The van der Waals surface area contributed by atoms with E-state index in [4.69, 9.17) is 5.11 Å². The van der Waals surface area contributed by atoms with Crippen molar-refractivity contribution >= 4 is 31.9 Å². The number of β-amino-alcohol motifs (C(OH)–C–C–N with tert-alkyl or cyclic N) is 1. The fourth-order valence-corrected chi connectivity index (χ4v) is 4.10. The lowest BCUT2D eigenvalue weighted by Gasteiger charge is -2.21. The molecular formula is C11H11BrFNO5S. The minimum Gasteiger partial charge on any atom is -0.480 e. The van der Waals surface area contributed by atoms with Crippen molar-refractivity contribution in [1.29, 1.82) is 0 Å². The largest absolute Gasteiger partial charge is 0.480 e. The molecule has 2 atom stereocenters. The van der Waals surface area contributed by atoms with Crippen LogP contribution in [0.4, 0.5) is 4.39 Å². The van der Waals surface area contributed by atoms with E-state index in [1.807, 2.05) is 0 Å². The number of halogens is 2. The summed E-state index contributed by atoms with van der Waals surface area (Å²) in [5.41, 5.74) is 0. The van der Waals surface area contributed by atoms with E-state index in [1.54, 1.807) is 0 Å². The van der Waals surface area contributed by atoms with Gasteiger partial charge in [0.1, 0.15) is 16.8 Å². The van der Waals surface area contributed by atoms with Crippen LogP contribution in [-0.4, -0.2) is 47.6 Å². The van der Waals surface area contributed by atoms with Gasteiger partial charge in [-0.15, -0.1) is 0 Å². The number of sulfonamides is 1. The molecule has 2 N–H and O–H groups in total. The van der Waals surface area contributed by atoms with Gasteiger partial charge in [-0.3, -0.25) is 4.79 Å². The molecule has 110 valence electrons. The molecule has 0 aromatic heterocycles. The van der Waals surface area contributed by atoms with E-state index in [9.17, 15) is 22.7 Å². The van der Waals surface area contributed by atoms with Gasteiger partial charge in [0, 0.05) is 17.4 Å². The fourth-order valence-electron chi connectivity index (χ4n) is 2.09. The number of carboxylic acids is 1. The Labute approximate surface area is 123 Å². The molecular weight excluding hydrogens is 357 g/mol. The normalized spacial score (nSPS) is 23.9. The topological polar surface area (TPSA) is 94.9 Å². The Morgan fingerprint density at radius 3 is 2.65 bits per heavy atom. The van der Waals surface area contributed by atoms with Gasteiger partial charge in [-0.25, -0.2) is 12.8 Å².